The van der Waals surface area contributed by atoms with E-state index in [0.717, 1.165) is 39.1 Å². The third-order valence-corrected chi connectivity index (χ3v) is 5.99. The molecule has 0 radical (unpaired) electrons. The molecule has 0 unspecified atom stereocenters. The number of hydrogen-bond acceptors (Lipinski definition) is 7. The maximum Gasteiger partial charge on any atom is 0.231 e. The van der Waals surface area contributed by atoms with Crippen molar-refractivity contribution in [3.8, 4) is 0 Å². The van der Waals surface area contributed by atoms with Gasteiger partial charge in [0.15, 0.2) is 5.13 Å². The third-order valence-electron chi connectivity index (χ3n) is 4.35. The van der Waals surface area contributed by atoms with Gasteiger partial charge in [-0.05, 0) is 24.3 Å². The number of hydrogen-bond donors (Lipinski definition) is 1. The molecular weight excluding hydrogens is 354 g/mol. The molecule has 1 amide bonds. The summed E-state index contributed by atoms with van der Waals surface area (Å²) in [7, 11) is 0. The lowest BCUT2D eigenvalue weighted by Crippen LogP contribution is -2.52. The van der Waals surface area contributed by atoms with Crippen LogP contribution >= 0.6 is 23.1 Å². The molecule has 1 N–H and O–H groups in total. The van der Waals surface area contributed by atoms with Gasteiger partial charge in [0.2, 0.25) is 5.91 Å². The summed E-state index contributed by atoms with van der Waals surface area (Å²) < 4.78 is 9.64. The molecule has 0 bridgehead atoms. The minimum absolute atomic E-state index is 0.0258. The predicted molar refractivity (Wildman–Crippen MR) is 101 cm³/mol. The van der Waals surface area contributed by atoms with Gasteiger partial charge in [-0.15, -0.1) is 0 Å². The van der Waals surface area contributed by atoms with Crippen molar-refractivity contribution in [1.29, 1.82) is 0 Å². The topological polar surface area (TPSA) is 71.0 Å². The third kappa shape index (κ3) is 2.54. The van der Waals surface area contributed by atoms with Gasteiger partial charge < -0.3 is 10.2 Å². The van der Waals surface area contributed by atoms with Crippen LogP contribution in [0.1, 0.15) is 0 Å². The van der Waals surface area contributed by atoms with Gasteiger partial charge in [-0.3, -0.25) is 4.79 Å². The zero-order valence-corrected chi connectivity index (χ0v) is 14.7. The molecule has 0 atom stereocenters. The minimum Gasteiger partial charge on any atom is -0.346 e. The number of fused-ring (bicyclic) bond motifs is 2. The average Bonchev–Trinajstić information content (AvgIpc) is 3.20. The van der Waals surface area contributed by atoms with E-state index in [9.17, 15) is 4.79 Å². The Morgan fingerprint density at radius 1 is 1.08 bits per heavy atom. The molecule has 1 saturated heterocycles. The summed E-state index contributed by atoms with van der Waals surface area (Å²) in [6, 6.07) is 13.7. The molecule has 1 aliphatic heterocycles. The van der Waals surface area contributed by atoms with Crippen molar-refractivity contribution >= 4 is 61.0 Å². The highest BCUT2D eigenvalue weighted by atomic mass is 32.1. The van der Waals surface area contributed by atoms with E-state index in [0.29, 0.717) is 13.1 Å². The summed E-state index contributed by atoms with van der Waals surface area (Å²) in [6.45, 7) is 1.38. The minimum atomic E-state index is -0.0335. The molecule has 8 heteroatoms. The number of carbonyl (C=O) groups is 1. The second kappa shape index (κ2) is 5.75. The van der Waals surface area contributed by atoms with Crippen molar-refractivity contribution < 1.29 is 4.79 Å². The zero-order chi connectivity index (χ0) is 16.8. The van der Waals surface area contributed by atoms with Gasteiger partial charge in [0, 0.05) is 13.1 Å². The number of thiazole rings is 1. The molecule has 0 aliphatic carbocycles. The molecular formula is C17H13N5OS2. The van der Waals surface area contributed by atoms with Gasteiger partial charge in [0.05, 0.1) is 33.6 Å². The van der Waals surface area contributed by atoms with Gasteiger partial charge >= 0.3 is 0 Å². The first kappa shape index (κ1) is 14.7. The maximum absolute atomic E-state index is 12.5. The van der Waals surface area contributed by atoms with Crippen LogP contribution < -0.4 is 10.2 Å². The van der Waals surface area contributed by atoms with E-state index in [2.05, 4.69) is 30.0 Å². The van der Waals surface area contributed by atoms with Crippen molar-refractivity contribution in [3.05, 3.63) is 42.5 Å². The van der Waals surface area contributed by atoms with Gasteiger partial charge in [-0.25, -0.2) is 4.98 Å². The number of carbonyl (C=O) groups excluding carboxylic acids is 1. The Morgan fingerprint density at radius 2 is 1.92 bits per heavy atom. The summed E-state index contributed by atoms with van der Waals surface area (Å²) in [5, 5.41) is 3.98. The van der Waals surface area contributed by atoms with Crippen LogP contribution in [0.3, 0.4) is 0 Å². The SMILES string of the molecule is O=C(Nc1cccc2nsnc12)C1CN(c2nc3ccccc3s2)C1. The van der Waals surface area contributed by atoms with Crippen molar-refractivity contribution in [1.82, 2.24) is 13.7 Å². The second-order valence-corrected chi connectivity index (χ2v) is 7.53. The van der Waals surface area contributed by atoms with E-state index in [1.165, 1.54) is 4.70 Å². The summed E-state index contributed by atoms with van der Waals surface area (Å²) >= 11 is 2.82. The largest absolute Gasteiger partial charge is 0.346 e. The van der Waals surface area contributed by atoms with E-state index in [4.69, 9.17) is 0 Å². The number of nitrogens with zero attached hydrogens (tertiary/aromatic N) is 4. The van der Waals surface area contributed by atoms with Crippen molar-refractivity contribution in [2.75, 3.05) is 23.3 Å². The Morgan fingerprint density at radius 3 is 2.80 bits per heavy atom. The van der Waals surface area contributed by atoms with E-state index in [1.54, 1.807) is 11.3 Å². The van der Waals surface area contributed by atoms with Gasteiger partial charge in [-0.2, -0.15) is 8.75 Å². The number of anilines is 2. The number of amides is 1. The normalized spacial score (nSPS) is 14.8. The van der Waals surface area contributed by atoms with Crippen molar-refractivity contribution in [2.24, 2.45) is 5.92 Å². The highest BCUT2D eigenvalue weighted by Crippen LogP contribution is 2.33. The van der Waals surface area contributed by atoms with Crippen LogP contribution in [0.5, 0.6) is 0 Å². The number of nitrogens with one attached hydrogen (secondary N) is 1. The smallest absolute Gasteiger partial charge is 0.231 e. The number of benzene rings is 2. The Hall–Kier alpha value is -2.58. The summed E-state index contributed by atoms with van der Waals surface area (Å²) in [4.78, 5) is 19.3. The second-order valence-electron chi connectivity index (χ2n) is 5.99. The predicted octanol–water partition coefficient (Wildman–Crippen LogP) is 3.38. The van der Waals surface area contributed by atoms with Crippen LogP contribution in [0.25, 0.3) is 21.3 Å². The molecule has 2 aromatic carbocycles. The quantitative estimate of drug-likeness (QED) is 0.601. The molecule has 0 saturated carbocycles. The van der Waals surface area contributed by atoms with Crippen LogP contribution in [-0.4, -0.2) is 32.7 Å². The van der Waals surface area contributed by atoms with Crippen LogP contribution in [0, 0.1) is 5.92 Å². The lowest BCUT2D eigenvalue weighted by atomic mass is 10.00. The van der Waals surface area contributed by atoms with E-state index < -0.39 is 0 Å². The zero-order valence-electron chi connectivity index (χ0n) is 13.0. The lowest BCUT2D eigenvalue weighted by Gasteiger charge is -2.37. The highest BCUT2D eigenvalue weighted by molar-refractivity contribution is 7.22. The van der Waals surface area contributed by atoms with Gasteiger partial charge in [-0.1, -0.05) is 29.5 Å². The fraction of sp³-hybridized carbons (Fsp3) is 0.176. The number of para-hydroxylation sites is 1. The van der Waals surface area contributed by atoms with Crippen molar-refractivity contribution in [2.45, 2.75) is 0 Å². The van der Waals surface area contributed by atoms with E-state index in [1.807, 2.05) is 36.4 Å². The monoisotopic (exact) mass is 367 g/mol. The Bertz CT molecular complexity index is 1050. The van der Waals surface area contributed by atoms with Crippen molar-refractivity contribution in [3.63, 3.8) is 0 Å². The molecule has 3 heterocycles. The summed E-state index contributed by atoms with van der Waals surface area (Å²) in [6.07, 6.45) is 0. The molecule has 4 aromatic rings. The highest BCUT2D eigenvalue weighted by Gasteiger charge is 2.34. The number of rotatable bonds is 3. The Balaban J connectivity index is 1.28. The van der Waals surface area contributed by atoms with Crippen LogP contribution in [-0.2, 0) is 4.79 Å². The Labute approximate surface area is 151 Å². The molecule has 1 fully saturated rings. The standard InChI is InChI=1S/C17H13N5OS2/c23-16(18-12-5-3-6-13-15(12)21-25-20-13)10-8-22(9-10)17-19-11-4-1-2-7-14(11)24-17/h1-7,10H,8-9H2,(H,18,23). The molecule has 1 aliphatic rings. The molecule has 0 spiro atoms. The van der Waals surface area contributed by atoms with Gasteiger partial charge in [0.1, 0.15) is 11.0 Å². The van der Waals surface area contributed by atoms with E-state index >= 15 is 0 Å². The van der Waals surface area contributed by atoms with Crippen LogP contribution in [0.15, 0.2) is 42.5 Å². The molecule has 6 nitrogen and oxygen atoms in total. The first-order valence-corrected chi connectivity index (χ1v) is 9.45. The maximum atomic E-state index is 12.5. The van der Waals surface area contributed by atoms with Crippen LogP contribution in [0.2, 0.25) is 0 Å². The summed E-state index contributed by atoms with van der Waals surface area (Å²) in [5.74, 6) is -0.00766. The first-order chi connectivity index (χ1) is 12.3. The van der Waals surface area contributed by atoms with Gasteiger partial charge in [0.25, 0.3) is 0 Å². The van der Waals surface area contributed by atoms with Crippen LogP contribution in [0.4, 0.5) is 10.8 Å². The molecule has 124 valence electrons. The molecule has 2 aromatic heterocycles. The first-order valence-electron chi connectivity index (χ1n) is 7.90. The average molecular weight is 367 g/mol. The molecule has 5 rings (SSSR count). The fourth-order valence-electron chi connectivity index (χ4n) is 2.94. The van der Waals surface area contributed by atoms with E-state index in [-0.39, 0.29) is 11.8 Å². The number of aromatic nitrogens is 3. The molecule has 25 heavy (non-hydrogen) atoms. The Kier molecular flexibility index (Phi) is 3.39. The fourth-order valence-corrected chi connectivity index (χ4v) is 4.47. The summed E-state index contributed by atoms with van der Waals surface area (Å²) in [5.41, 5.74) is 3.31. The lowest BCUT2D eigenvalue weighted by molar-refractivity contribution is -0.120.